The highest BCUT2D eigenvalue weighted by atomic mass is 16.6. The number of ether oxygens (including phenoxy) is 4. The van der Waals surface area contributed by atoms with Crippen LogP contribution in [0.5, 0.6) is 0 Å². The summed E-state index contributed by atoms with van der Waals surface area (Å²) in [4.78, 5) is 57.4. The van der Waals surface area contributed by atoms with Gasteiger partial charge in [0.15, 0.2) is 0 Å². The molecule has 2 rings (SSSR count). The Morgan fingerprint density at radius 2 is 1.15 bits per heavy atom. The van der Waals surface area contributed by atoms with Crippen LogP contribution >= 0.6 is 0 Å². The largest absolute Gasteiger partial charge is 0.466 e. The molecule has 0 spiro atoms. The van der Waals surface area contributed by atoms with Crippen molar-refractivity contribution in [2.75, 3.05) is 26.3 Å². The zero-order valence-electron chi connectivity index (χ0n) is 39.5. The minimum atomic E-state index is -0.469. The molecule has 2 unspecified atom stereocenters. The molecular weight excluding hydrogens is 771 g/mol. The van der Waals surface area contributed by atoms with Crippen LogP contribution in [-0.2, 0) is 44.7 Å². The fraction of sp³-hybridized carbons (Fsp3) is 0.860. The lowest BCUT2D eigenvalue weighted by Gasteiger charge is -2.22. The Labute approximate surface area is 371 Å². The minimum Gasteiger partial charge on any atom is -0.466 e. The Kier molecular flexibility index (Phi) is 32.4. The molecule has 1 fully saturated rings. The van der Waals surface area contributed by atoms with E-state index < -0.39 is 6.04 Å². The van der Waals surface area contributed by atoms with Gasteiger partial charge in [-0.1, -0.05) is 143 Å². The number of hydrogen-bond acceptors (Lipinski definition) is 10. The smallest absolute Gasteiger partial charge is 0.323 e. The molecule has 1 aromatic rings. The number of esters is 4. The van der Waals surface area contributed by atoms with Gasteiger partial charge in [0.2, 0.25) is 0 Å². The van der Waals surface area contributed by atoms with Gasteiger partial charge in [-0.15, -0.1) is 0 Å². The van der Waals surface area contributed by atoms with Crippen LogP contribution in [0.25, 0.3) is 0 Å². The van der Waals surface area contributed by atoms with E-state index in [4.69, 9.17) is 18.9 Å². The number of hydrogen-bond donors (Lipinski definition) is 0. The van der Waals surface area contributed by atoms with E-state index in [0.29, 0.717) is 52.1 Å². The predicted molar refractivity (Wildman–Crippen MR) is 244 cm³/mol. The third-order valence-electron chi connectivity index (χ3n) is 12.1. The van der Waals surface area contributed by atoms with Gasteiger partial charge in [0.25, 0.3) is 0 Å². The summed E-state index contributed by atoms with van der Waals surface area (Å²) < 4.78 is 24.9. The molecule has 1 aliphatic heterocycles. The van der Waals surface area contributed by atoms with Crippen LogP contribution in [0.1, 0.15) is 226 Å². The Balaban J connectivity index is 1.68. The highest BCUT2D eigenvalue weighted by Gasteiger charge is 2.39. The second-order valence-electron chi connectivity index (χ2n) is 17.6. The maximum atomic E-state index is 13.4. The van der Waals surface area contributed by atoms with Crippen LogP contribution in [0.4, 0.5) is 0 Å². The Morgan fingerprint density at radius 1 is 0.607 bits per heavy atom. The van der Waals surface area contributed by atoms with Gasteiger partial charge in [0.05, 0.1) is 19.6 Å². The van der Waals surface area contributed by atoms with Crippen LogP contribution in [0.15, 0.2) is 12.4 Å². The summed E-state index contributed by atoms with van der Waals surface area (Å²) >= 11 is 0. The first-order chi connectivity index (χ1) is 29.8. The molecule has 2 heterocycles. The summed E-state index contributed by atoms with van der Waals surface area (Å²) in [6, 6.07) is -0.469. The van der Waals surface area contributed by atoms with Gasteiger partial charge in [-0.2, -0.15) is 0 Å². The van der Waals surface area contributed by atoms with E-state index in [1.54, 1.807) is 6.20 Å². The maximum Gasteiger partial charge on any atom is 0.323 e. The molecule has 1 aromatic heterocycles. The lowest BCUT2D eigenvalue weighted by molar-refractivity contribution is -0.151. The van der Waals surface area contributed by atoms with Gasteiger partial charge in [0, 0.05) is 44.7 Å². The van der Waals surface area contributed by atoms with E-state index in [-0.39, 0.29) is 42.5 Å². The van der Waals surface area contributed by atoms with Crippen LogP contribution in [-0.4, -0.2) is 82.9 Å². The molecule has 0 amide bonds. The molecule has 0 aromatic carbocycles. The summed E-state index contributed by atoms with van der Waals surface area (Å²) in [5, 5.41) is 0. The molecule has 0 N–H and O–H groups in total. The SMILES string of the molecule is CCCCCCCCCCCOC(=O)CCCCCN1CC(OC(=O)CCn2ccnc2C)C[C@H]1C(=O)OCCCCCCCC(=O)OC(CCCC)CCCCCCCC. The van der Waals surface area contributed by atoms with E-state index in [2.05, 4.69) is 30.7 Å². The number of rotatable bonds is 40. The molecule has 11 nitrogen and oxygen atoms in total. The van der Waals surface area contributed by atoms with Gasteiger partial charge in [-0.05, 0) is 64.8 Å². The van der Waals surface area contributed by atoms with Gasteiger partial charge >= 0.3 is 23.9 Å². The van der Waals surface area contributed by atoms with Crippen molar-refractivity contribution in [3.05, 3.63) is 18.2 Å². The Morgan fingerprint density at radius 3 is 1.77 bits per heavy atom. The molecule has 0 saturated carbocycles. The van der Waals surface area contributed by atoms with Crippen LogP contribution in [0.3, 0.4) is 0 Å². The lowest BCUT2D eigenvalue weighted by atomic mass is 10.0. The molecule has 61 heavy (non-hydrogen) atoms. The first kappa shape index (κ1) is 54.2. The van der Waals surface area contributed by atoms with Crippen molar-refractivity contribution in [2.24, 2.45) is 0 Å². The maximum absolute atomic E-state index is 13.4. The molecular formula is C50H89N3O8. The standard InChI is InChI=1S/C50H89N3O8/c1-5-8-11-13-15-16-17-21-28-39-58-47(54)32-26-23-27-36-53-42-45(61-49(56)34-37-52-38-35-51-43(52)4)41-46(53)50(57)59-40-29-22-18-20-25-33-48(55)60-44(30-10-7-3)31-24-19-14-12-9-6-2/h35,38,44-46H,5-34,36-37,39-42H2,1-4H3/t44?,45?,46-/m0/s1. The number of carbonyl (C=O) groups is 4. The number of imidazole rings is 1. The lowest BCUT2D eigenvalue weighted by Crippen LogP contribution is -2.38. The number of aromatic nitrogens is 2. The predicted octanol–water partition coefficient (Wildman–Crippen LogP) is 11.9. The molecule has 0 radical (unpaired) electrons. The van der Waals surface area contributed by atoms with Crippen molar-refractivity contribution in [1.82, 2.24) is 14.5 Å². The zero-order valence-corrected chi connectivity index (χ0v) is 39.5. The van der Waals surface area contributed by atoms with Crippen molar-refractivity contribution in [1.29, 1.82) is 0 Å². The molecule has 11 heteroatoms. The average molecular weight is 860 g/mol. The quantitative estimate of drug-likeness (QED) is 0.0357. The molecule has 352 valence electrons. The number of nitrogens with zero attached hydrogens (tertiary/aromatic N) is 3. The van der Waals surface area contributed by atoms with Crippen molar-refractivity contribution in [3.63, 3.8) is 0 Å². The first-order valence-electron chi connectivity index (χ1n) is 25.2. The molecule has 0 bridgehead atoms. The minimum absolute atomic E-state index is 0.0540. The van der Waals surface area contributed by atoms with E-state index in [9.17, 15) is 19.2 Å². The van der Waals surface area contributed by atoms with E-state index >= 15 is 0 Å². The number of likely N-dealkylation sites (tertiary alicyclic amines) is 1. The summed E-state index contributed by atoms with van der Waals surface area (Å²) in [6.45, 7) is 11.1. The first-order valence-corrected chi connectivity index (χ1v) is 25.2. The van der Waals surface area contributed by atoms with Crippen LogP contribution in [0.2, 0.25) is 0 Å². The van der Waals surface area contributed by atoms with Crippen molar-refractivity contribution in [2.45, 2.75) is 252 Å². The highest BCUT2D eigenvalue weighted by molar-refractivity contribution is 5.76. The summed E-state index contributed by atoms with van der Waals surface area (Å²) in [7, 11) is 0. The Bertz CT molecular complexity index is 1270. The fourth-order valence-electron chi connectivity index (χ4n) is 8.23. The van der Waals surface area contributed by atoms with Crippen LogP contribution < -0.4 is 0 Å². The highest BCUT2D eigenvalue weighted by Crippen LogP contribution is 2.24. The summed E-state index contributed by atoms with van der Waals surface area (Å²) in [5.41, 5.74) is 0. The third kappa shape index (κ3) is 27.7. The molecule has 1 aliphatic rings. The number of aryl methyl sites for hydroxylation is 2. The summed E-state index contributed by atoms with van der Waals surface area (Å²) in [6.07, 6.45) is 34.3. The molecule has 1 saturated heterocycles. The zero-order chi connectivity index (χ0) is 44.2. The second kappa shape index (κ2) is 36.5. The normalized spacial score (nSPS) is 15.8. The third-order valence-corrected chi connectivity index (χ3v) is 12.1. The van der Waals surface area contributed by atoms with E-state index in [1.165, 1.54) is 77.0 Å². The van der Waals surface area contributed by atoms with Gasteiger partial charge < -0.3 is 23.5 Å². The fourth-order valence-corrected chi connectivity index (χ4v) is 8.23. The number of carbonyl (C=O) groups excluding carboxylic acids is 4. The van der Waals surface area contributed by atoms with E-state index in [1.807, 2.05) is 17.7 Å². The molecule has 0 aliphatic carbocycles. The second-order valence-corrected chi connectivity index (χ2v) is 17.6. The average Bonchev–Trinajstić information content (AvgIpc) is 3.86. The number of unbranched alkanes of at least 4 members (excludes halogenated alkanes) is 20. The van der Waals surface area contributed by atoms with Crippen molar-refractivity contribution < 1.29 is 38.1 Å². The van der Waals surface area contributed by atoms with Gasteiger partial charge in [0.1, 0.15) is 24.1 Å². The topological polar surface area (TPSA) is 126 Å². The Hall–Kier alpha value is -2.95. The van der Waals surface area contributed by atoms with Crippen LogP contribution in [0, 0.1) is 6.92 Å². The van der Waals surface area contributed by atoms with Crippen molar-refractivity contribution in [3.8, 4) is 0 Å². The molecule has 3 atom stereocenters. The summed E-state index contributed by atoms with van der Waals surface area (Å²) in [5.74, 6) is 0.0911. The van der Waals surface area contributed by atoms with Gasteiger partial charge in [-0.3, -0.25) is 24.1 Å². The van der Waals surface area contributed by atoms with Crippen molar-refractivity contribution >= 4 is 23.9 Å². The van der Waals surface area contributed by atoms with E-state index in [0.717, 1.165) is 102 Å². The van der Waals surface area contributed by atoms with Gasteiger partial charge in [-0.25, -0.2) is 4.98 Å². The monoisotopic (exact) mass is 860 g/mol.